The van der Waals surface area contributed by atoms with Crippen molar-refractivity contribution in [2.24, 2.45) is 0 Å². The normalized spacial score (nSPS) is 20.8. The Labute approximate surface area is 77.3 Å². The summed E-state index contributed by atoms with van der Waals surface area (Å²) >= 11 is 6.03. The molecule has 0 bridgehead atoms. The van der Waals surface area contributed by atoms with Gasteiger partial charge in [0.2, 0.25) is 0 Å². The van der Waals surface area contributed by atoms with Crippen LogP contribution in [0.2, 0.25) is 0 Å². The molecule has 1 aromatic carbocycles. The number of fused-ring (bicyclic) bond motifs is 1. The van der Waals surface area contributed by atoms with Crippen molar-refractivity contribution in [3.8, 4) is 0 Å². The zero-order valence-electron chi connectivity index (χ0n) is 6.87. The zero-order chi connectivity index (χ0) is 8.55. The number of alkyl halides is 1. The van der Waals surface area contributed by atoms with Crippen LogP contribution in [0.3, 0.4) is 0 Å². The fraction of sp³-hybridized carbons (Fsp3) is 0.200. The van der Waals surface area contributed by atoms with Crippen LogP contribution in [-0.4, -0.2) is 12.5 Å². The summed E-state index contributed by atoms with van der Waals surface area (Å²) in [6, 6.07) is 8.23. The number of benzene rings is 1. The van der Waals surface area contributed by atoms with Gasteiger partial charge in [0.1, 0.15) is 5.50 Å². The first-order valence-electron chi connectivity index (χ1n) is 3.93. The van der Waals surface area contributed by atoms with Gasteiger partial charge >= 0.3 is 0 Å². The van der Waals surface area contributed by atoms with Gasteiger partial charge in [-0.3, -0.25) is 0 Å². The highest BCUT2D eigenvalue weighted by Gasteiger charge is 2.15. The Morgan fingerprint density at radius 2 is 2.08 bits per heavy atom. The quantitative estimate of drug-likeness (QED) is 0.437. The summed E-state index contributed by atoms with van der Waals surface area (Å²) in [5, 5.41) is 0. The average molecular weight is 180 g/mol. The van der Waals surface area contributed by atoms with Crippen LogP contribution in [0.25, 0.3) is 6.08 Å². The third kappa shape index (κ3) is 1.10. The zero-order valence-corrected chi connectivity index (χ0v) is 7.62. The third-order valence-corrected chi connectivity index (χ3v) is 2.56. The molecule has 12 heavy (non-hydrogen) atoms. The molecule has 2 heteroatoms. The van der Waals surface area contributed by atoms with Gasteiger partial charge in [0.25, 0.3) is 0 Å². The molecule has 1 unspecified atom stereocenters. The molecule has 1 nitrogen and oxygen atoms in total. The summed E-state index contributed by atoms with van der Waals surface area (Å²) in [7, 11) is 2.00. The molecule has 0 saturated carbocycles. The molecule has 0 radical (unpaired) electrons. The Hall–Kier alpha value is -0.950. The van der Waals surface area contributed by atoms with Crippen molar-refractivity contribution in [3.63, 3.8) is 0 Å². The number of halogens is 1. The molecule has 0 N–H and O–H groups in total. The van der Waals surface area contributed by atoms with E-state index in [-0.39, 0.29) is 5.50 Å². The third-order valence-electron chi connectivity index (χ3n) is 2.12. The first-order valence-corrected chi connectivity index (χ1v) is 4.37. The summed E-state index contributed by atoms with van der Waals surface area (Å²) in [5.74, 6) is 0. The lowest BCUT2D eigenvalue weighted by molar-refractivity contribution is 0.956. The maximum Gasteiger partial charge on any atom is 0.123 e. The highest BCUT2D eigenvalue weighted by Crippen LogP contribution is 2.28. The minimum Gasteiger partial charge on any atom is -0.355 e. The highest BCUT2D eigenvalue weighted by molar-refractivity contribution is 6.23. The molecule has 1 aromatic rings. The number of rotatable bonds is 0. The van der Waals surface area contributed by atoms with Gasteiger partial charge in [-0.05, 0) is 17.7 Å². The van der Waals surface area contributed by atoms with Crippen molar-refractivity contribution < 1.29 is 0 Å². The Bertz CT molecular complexity index is 319. The van der Waals surface area contributed by atoms with Crippen LogP contribution in [0.4, 0.5) is 5.69 Å². The molecule has 1 aliphatic rings. The molecule has 1 aliphatic heterocycles. The molecule has 0 fully saturated rings. The molecule has 0 saturated heterocycles. The molecule has 0 spiro atoms. The smallest absolute Gasteiger partial charge is 0.123 e. The number of para-hydroxylation sites is 1. The van der Waals surface area contributed by atoms with Gasteiger partial charge in [0.05, 0.1) is 0 Å². The first-order chi connectivity index (χ1) is 5.79. The minimum absolute atomic E-state index is 0.0140. The second-order valence-electron chi connectivity index (χ2n) is 2.90. The lowest BCUT2D eigenvalue weighted by atomic mass is 10.1. The van der Waals surface area contributed by atoms with E-state index in [2.05, 4.69) is 23.1 Å². The maximum atomic E-state index is 6.03. The molecular formula is C10H10ClN. The standard InChI is InChI=1S/C10H10ClN/c1-12-9-5-3-2-4-8(9)6-7-10(12)11/h2-7,10H,1H3. The number of hydrogen-bond donors (Lipinski definition) is 0. The largest absolute Gasteiger partial charge is 0.355 e. The lowest BCUT2D eigenvalue weighted by Crippen LogP contribution is -2.27. The molecule has 1 heterocycles. The predicted octanol–water partition coefficient (Wildman–Crippen LogP) is 2.71. The van der Waals surface area contributed by atoms with Crippen molar-refractivity contribution in [2.45, 2.75) is 5.50 Å². The Morgan fingerprint density at radius 3 is 2.92 bits per heavy atom. The number of likely N-dealkylation sites (N-methyl/N-ethyl adjacent to an activating group) is 1. The molecule has 0 aromatic heterocycles. The molecule has 0 amide bonds. The maximum absolute atomic E-state index is 6.03. The van der Waals surface area contributed by atoms with Crippen molar-refractivity contribution in [3.05, 3.63) is 35.9 Å². The summed E-state index contributed by atoms with van der Waals surface area (Å²) in [6.45, 7) is 0. The van der Waals surface area contributed by atoms with Gasteiger partial charge in [0.15, 0.2) is 0 Å². The van der Waals surface area contributed by atoms with Crippen LogP contribution >= 0.6 is 11.6 Å². The van der Waals surface area contributed by atoms with Gasteiger partial charge in [-0.15, -0.1) is 0 Å². The minimum atomic E-state index is -0.0140. The van der Waals surface area contributed by atoms with Crippen LogP contribution in [0.1, 0.15) is 5.56 Å². The van der Waals surface area contributed by atoms with E-state index in [0.717, 1.165) is 0 Å². The van der Waals surface area contributed by atoms with Gasteiger partial charge in [-0.25, -0.2) is 0 Å². The SMILES string of the molecule is CN1c2ccccc2C=CC1Cl. The van der Waals surface area contributed by atoms with Gasteiger partial charge in [0, 0.05) is 12.7 Å². The van der Waals surface area contributed by atoms with Crippen molar-refractivity contribution in [1.82, 2.24) is 0 Å². The second kappa shape index (κ2) is 2.83. The average Bonchev–Trinajstić information content (AvgIpc) is 2.12. The molecular weight excluding hydrogens is 170 g/mol. The molecule has 62 valence electrons. The highest BCUT2D eigenvalue weighted by atomic mass is 35.5. The van der Waals surface area contributed by atoms with E-state index in [1.54, 1.807) is 0 Å². The fourth-order valence-electron chi connectivity index (χ4n) is 1.39. The van der Waals surface area contributed by atoms with Crippen molar-refractivity contribution >= 4 is 23.4 Å². The predicted molar refractivity (Wildman–Crippen MR) is 53.5 cm³/mol. The Morgan fingerprint density at radius 1 is 1.33 bits per heavy atom. The van der Waals surface area contributed by atoms with E-state index in [1.807, 2.05) is 25.3 Å². The number of nitrogens with zero attached hydrogens (tertiary/aromatic N) is 1. The van der Waals surface area contributed by atoms with E-state index in [1.165, 1.54) is 11.3 Å². The van der Waals surface area contributed by atoms with E-state index in [0.29, 0.717) is 0 Å². The van der Waals surface area contributed by atoms with E-state index in [9.17, 15) is 0 Å². The monoisotopic (exact) mass is 179 g/mol. The molecule has 0 aliphatic carbocycles. The van der Waals surface area contributed by atoms with E-state index in [4.69, 9.17) is 11.6 Å². The number of anilines is 1. The summed E-state index contributed by atoms with van der Waals surface area (Å²) in [6.07, 6.45) is 4.05. The Kier molecular flexibility index (Phi) is 1.81. The van der Waals surface area contributed by atoms with E-state index < -0.39 is 0 Å². The van der Waals surface area contributed by atoms with Crippen LogP contribution in [-0.2, 0) is 0 Å². The van der Waals surface area contributed by atoms with E-state index >= 15 is 0 Å². The summed E-state index contributed by atoms with van der Waals surface area (Å²) in [4.78, 5) is 2.05. The van der Waals surface area contributed by atoms with Crippen LogP contribution in [0.15, 0.2) is 30.3 Å². The molecule has 2 rings (SSSR count). The van der Waals surface area contributed by atoms with Gasteiger partial charge in [-0.1, -0.05) is 35.9 Å². The number of hydrogen-bond acceptors (Lipinski definition) is 1. The Balaban J connectivity index is 2.52. The van der Waals surface area contributed by atoms with Crippen LogP contribution in [0.5, 0.6) is 0 Å². The topological polar surface area (TPSA) is 3.24 Å². The lowest BCUT2D eigenvalue weighted by Gasteiger charge is -2.27. The summed E-state index contributed by atoms with van der Waals surface area (Å²) in [5.41, 5.74) is 2.41. The second-order valence-corrected chi connectivity index (χ2v) is 3.35. The van der Waals surface area contributed by atoms with Crippen LogP contribution in [0, 0.1) is 0 Å². The van der Waals surface area contributed by atoms with Crippen molar-refractivity contribution in [1.29, 1.82) is 0 Å². The first kappa shape index (κ1) is 7.69. The summed E-state index contributed by atoms with van der Waals surface area (Å²) < 4.78 is 0. The van der Waals surface area contributed by atoms with Gasteiger partial charge in [-0.2, -0.15) is 0 Å². The van der Waals surface area contributed by atoms with Gasteiger partial charge < -0.3 is 4.90 Å². The fourth-order valence-corrected chi connectivity index (χ4v) is 1.57. The van der Waals surface area contributed by atoms with Crippen LogP contribution < -0.4 is 4.90 Å². The molecule has 1 atom stereocenters. The van der Waals surface area contributed by atoms with Crippen molar-refractivity contribution in [2.75, 3.05) is 11.9 Å².